The predicted octanol–water partition coefficient (Wildman–Crippen LogP) is 4.41. The second-order valence-corrected chi connectivity index (χ2v) is 6.86. The summed E-state index contributed by atoms with van der Waals surface area (Å²) >= 11 is 0. The number of aryl methyl sites for hydroxylation is 2. The Balaban J connectivity index is 1.76. The molecule has 0 bridgehead atoms. The Hall–Kier alpha value is -2.43. The number of carbonyl (C=O) groups is 1. The average Bonchev–Trinajstić information content (AvgIpc) is 2.69. The lowest BCUT2D eigenvalue weighted by molar-refractivity contribution is 0.0922. The monoisotopic (exact) mass is 352 g/mol. The number of aromatic nitrogens is 2. The molecule has 1 aliphatic rings. The number of nitrogens with zero attached hydrogens (tertiary/aromatic N) is 2. The summed E-state index contributed by atoms with van der Waals surface area (Å²) in [6, 6.07) is 8.26. The van der Waals surface area contributed by atoms with Gasteiger partial charge in [-0.05, 0) is 42.9 Å². The van der Waals surface area contributed by atoms with Crippen LogP contribution in [0.4, 0.5) is 11.6 Å². The van der Waals surface area contributed by atoms with E-state index in [1.165, 1.54) is 30.4 Å². The topological polar surface area (TPSA) is 66.9 Å². The lowest BCUT2D eigenvalue weighted by Crippen LogP contribution is -2.36. The molecular formula is C21H28N4O. The van der Waals surface area contributed by atoms with Crippen LogP contribution in [0.1, 0.15) is 67.6 Å². The van der Waals surface area contributed by atoms with E-state index in [9.17, 15) is 4.79 Å². The molecule has 1 aromatic carbocycles. The van der Waals surface area contributed by atoms with E-state index in [4.69, 9.17) is 0 Å². The van der Waals surface area contributed by atoms with Gasteiger partial charge in [-0.25, -0.2) is 9.97 Å². The predicted molar refractivity (Wildman–Crippen MR) is 105 cm³/mol. The summed E-state index contributed by atoms with van der Waals surface area (Å²) in [7, 11) is 0. The highest BCUT2D eigenvalue weighted by Crippen LogP contribution is 2.25. The van der Waals surface area contributed by atoms with Crippen molar-refractivity contribution in [1.82, 2.24) is 15.3 Å². The van der Waals surface area contributed by atoms with Gasteiger partial charge in [0, 0.05) is 17.9 Å². The number of rotatable bonds is 6. The van der Waals surface area contributed by atoms with E-state index in [-0.39, 0.29) is 11.9 Å². The molecule has 0 spiro atoms. The van der Waals surface area contributed by atoms with Gasteiger partial charge in [0.2, 0.25) is 5.95 Å². The van der Waals surface area contributed by atoms with Crippen molar-refractivity contribution in [2.24, 2.45) is 0 Å². The van der Waals surface area contributed by atoms with Gasteiger partial charge >= 0.3 is 0 Å². The molecule has 1 aromatic heterocycles. The third-order valence-electron chi connectivity index (χ3n) is 5.06. The standard InChI is InChI=1S/C21H28N4O/c1-3-15-9-8-10-16(4-2)19(15)25-21-22-14-13-18(24-21)20(26)23-17-11-6-5-7-12-17/h8-10,13-14,17H,3-7,11-12H2,1-2H3,(H,23,26)(H,22,24,25). The molecule has 1 aliphatic carbocycles. The minimum absolute atomic E-state index is 0.109. The van der Waals surface area contributed by atoms with Gasteiger partial charge in [0.15, 0.2) is 0 Å². The molecule has 1 amide bonds. The molecule has 138 valence electrons. The molecule has 0 atom stereocenters. The summed E-state index contributed by atoms with van der Waals surface area (Å²) in [5.74, 6) is 0.360. The molecule has 1 heterocycles. The fraction of sp³-hybridized carbons (Fsp3) is 0.476. The zero-order valence-corrected chi connectivity index (χ0v) is 15.7. The molecule has 0 radical (unpaired) electrons. The molecule has 26 heavy (non-hydrogen) atoms. The second-order valence-electron chi connectivity index (χ2n) is 6.86. The maximum atomic E-state index is 12.5. The molecule has 0 saturated heterocycles. The van der Waals surface area contributed by atoms with Gasteiger partial charge in [-0.3, -0.25) is 4.79 Å². The van der Waals surface area contributed by atoms with Crippen LogP contribution in [-0.4, -0.2) is 21.9 Å². The SMILES string of the molecule is CCc1cccc(CC)c1Nc1nccc(C(=O)NC2CCCCC2)n1. The van der Waals surface area contributed by atoms with E-state index in [0.29, 0.717) is 11.6 Å². The van der Waals surface area contributed by atoms with Crippen LogP contribution in [0.3, 0.4) is 0 Å². The van der Waals surface area contributed by atoms with Gasteiger partial charge in [0.05, 0.1) is 0 Å². The number of para-hydroxylation sites is 1. The maximum Gasteiger partial charge on any atom is 0.270 e. The first-order valence-electron chi connectivity index (χ1n) is 9.73. The van der Waals surface area contributed by atoms with Crippen LogP contribution >= 0.6 is 0 Å². The van der Waals surface area contributed by atoms with E-state index in [2.05, 4.69) is 52.6 Å². The smallest absolute Gasteiger partial charge is 0.270 e. The molecule has 3 rings (SSSR count). The van der Waals surface area contributed by atoms with Gasteiger partial charge in [-0.2, -0.15) is 0 Å². The number of carbonyl (C=O) groups excluding carboxylic acids is 1. The highest BCUT2D eigenvalue weighted by atomic mass is 16.1. The number of benzene rings is 1. The molecule has 0 unspecified atom stereocenters. The van der Waals surface area contributed by atoms with Crippen LogP contribution < -0.4 is 10.6 Å². The number of hydrogen-bond acceptors (Lipinski definition) is 4. The van der Waals surface area contributed by atoms with E-state index in [0.717, 1.165) is 31.4 Å². The van der Waals surface area contributed by atoms with Crippen molar-refractivity contribution in [1.29, 1.82) is 0 Å². The minimum atomic E-state index is -0.109. The Labute approximate surface area is 155 Å². The van der Waals surface area contributed by atoms with Crippen molar-refractivity contribution in [2.75, 3.05) is 5.32 Å². The molecule has 2 N–H and O–H groups in total. The normalized spacial score (nSPS) is 14.8. The molecule has 5 heteroatoms. The van der Waals surface area contributed by atoms with Gasteiger partial charge in [0.1, 0.15) is 5.69 Å². The first-order chi connectivity index (χ1) is 12.7. The summed E-state index contributed by atoms with van der Waals surface area (Å²) < 4.78 is 0. The van der Waals surface area contributed by atoms with Crippen molar-refractivity contribution in [2.45, 2.75) is 64.8 Å². The quantitative estimate of drug-likeness (QED) is 0.808. The van der Waals surface area contributed by atoms with Crippen LogP contribution in [0.2, 0.25) is 0 Å². The van der Waals surface area contributed by atoms with Crippen molar-refractivity contribution in [3.8, 4) is 0 Å². The Morgan fingerprint density at radius 2 is 1.77 bits per heavy atom. The van der Waals surface area contributed by atoms with E-state index in [1.807, 2.05) is 0 Å². The largest absolute Gasteiger partial charge is 0.348 e. The Morgan fingerprint density at radius 3 is 2.42 bits per heavy atom. The zero-order chi connectivity index (χ0) is 18.4. The number of nitrogens with one attached hydrogen (secondary N) is 2. The van der Waals surface area contributed by atoms with Crippen molar-refractivity contribution >= 4 is 17.5 Å². The zero-order valence-electron chi connectivity index (χ0n) is 15.7. The van der Waals surface area contributed by atoms with Crippen molar-refractivity contribution < 1.29 is 4.79 Å². The Morgan fingerprint density at radius 1 is 1.08 bits per heavy atom. The average molecular weight is 352 g/mol. The summed E-state index contributed by atoms with van der Waals surface area (Å²) in [6.45, 7) is 4.27. The van der Waals surface area contributed by atoms with Crippen LogP contribution in [0.15, 0.2) is 30.5 Å². The minimum Gasteiger partial charge on any atom is -0.348 e. The summed E-state index contributed by atoms with van der Waals surface area (Å²) in [6.07, 6.45) is 9.27. The van der Waals surface area contributed by atoms with Crippen LogP contribution in [-0.2, 0) is 12.8 Å². The highest BCUT2D eigenvalue weighted by Gasteiger charge is 2.18. The summed E-state index contributed by atoms with van der Waals surface area (Å²) in [5, 5.41) is 6.45. The first-order valence-corrected chi connectivity index (χ1v) is 9.73. The summed E-state index contributed by atoms with van der Waals surface area (Å²) in [4.78, 5) is 21.3. The number of hydrogen-bond donors (Lipinski definition) is 2. The molecule has 1 saturated carbocycles. The number of amides is 1. The fourth-order valence-corrected chi connectivity index (χ4v) is 3.57. The molecule has 5 nitrogen and oxygen atoms in total. The van der Waals surface area contributed by atoms with E-state index >= 15 is 0 Å². The summed E-state index contributed by atoms with van der Waals surface area (Å²) in [5.41, 5.74) is 3.93. The van der Waals surface area contributed by atoms with E-state index in [1.54, 1.807) is 12.3 Å². The third kappa shape index (κ3) is 4.40. The van der Waals surface area contributed by atoms with E-state index < -0.39 is 0 Å². The van der Waals surface area contributed by atoms with Gasteiger partial charge < -0.3 is 10.6 Å². The van der Waals surface area contributed by atoms with Crippen LogP contribution in [0.5, 0.6) is 0 Å². The third-order valence-corrected chi connectivity index (χ3v) is 5.06. The Bertz CT molecular complexity index is 731. The lowest BCUT2D eigenvalue weighted by Gasteiger charge is -2.22. The first kappa shape index (κ1) is 18.4. The molecular weight excluding hydrogens is 324 g/mol. The van der Waals surface area contributed by atoms with Crippen LogP contribution in [0, 0.1) is 0 Å². The van der Waals surface area contributed by atoms with Crippen molar-refractivity contribution in [3.63, 3.8) is 0 Å². The van der Waals surface area contributed by atoms with Crippen LogP contribution in [0.25, 0.3) is 0 Å². The maximum absolute atomic E-state index is 12.5. The number of anilines is 2. The molecule has 0 aliphatic heterocycles. The molecule has 1 fully saturated rings. The van der Waals surface area contributed by atoms with Gasteiger partial charge in [-0.15, -0.1) is 0 Å². The van der Waals surface area contributed by atoms with Gasteiger partial charge in [-0.1, -0.05) is 51.3 Å². The van der Waals surface area contributed by atoms with Crippen molar-refractivity contribution in [3.05, 3.63) is 47.3 Å². The second kappa shape index (κ2) is 8.79. The van der Waals surface area contributed by atoms with Gasteiger partial charge in [0.25, 0.3) is 5.91 Å². The Kier molecular flexibility index (Phi) is 6.21. The fourth-order valence-electron chi connectivity index (χ4n) is 3.57. The lowest BCUT2D eigenvalue weighted by atomic mass is 9.95. The highest BCUT2D eigenvalue weighted by molar-refractivity contribution is 5.92. The molecule has 2 aromatic rings.